The molecule has 0 aliphatic rings. The van der Waals surface area contributed by atoms with Gasteiger partial charge < -0.3 is 11.1 Å². The number of benzene rings is 1. The van der Waals surface area contributed by atoms with Crippen molar-refractivity contribution in [2.75, 3.05) is 11.9 Å². The van der Waals surface area contributed by atoms with E-state index in [1.165, 1.54) is 0 Å². The van der Waals surface area contributed by atoms with Crippen molar-refractivity contribution in [3.8, 4) is 0 Å². The van der Waals surface area contributed by atoms with Crippen molar-refractivity contribution in [1.29, 1.82) is 0 Å². The number of rotatable bonds is 5. The fraction of sp³-hybridized carbons (Fsp3) is 0.300. The maximum Gasteiger partial charge on any atom is 0.298 e. The molecule has 0 unspecified atom stereocenters. The zero-order chi connectivity index (χ0) is 13.7. The normalized spacial score (nSPS) is 10.2. The fourth-order valence-corrected chi connectivity index (χ4v) is 1.29. The summed E-state index contributed by atoms with van der Waals surface area (Å²) in [6, 6.07) is 1.01. The average molecular weight is 259 g/mol. The van der Waals surface area contributed by atoms with Gasteiger partial charge in [0.1, 0.15) is 5.82 Å². The van der Waals surface area contributed by atoms with Gasteiger partial charge in [0.05, 0.1) is 11.0 Å². The van der Waals surface area contributed by atoms with Crippen LogP contribution in [0.1, 0.15) is 12.8 Å². The molecular weight excluding hydrogens is 248 g/mol. The molecule has 0 atom stereocenters. The van der Waals surface area contributed by atoms with Crippen molar-refractivity contribution in [3.05, 3.63) is 33.9 Å². The van der Waals surface area contributed by atoms with E-state index in [-0.39, 0.29) is 13.0 Å². The Hall–Kier alpha value is -2.09. The average Bonchev–Trinajstić information content (AvgIpc) is 2.29. The zero-order valence-electron chi connectivity index (χ0n) is 9.28. The summed E-state index contributed by atoms with van der Waals surface area (Å²) < 4.78 is 26.2. The highest BCUT2D eigenvalue weighted by atomic mass is 19.1. The van der Waals surface area contributed by atoms with Gasteiger partial charge in [0.2, 0.25) is 5.91 Å². The van der Waals surface area contributed by atoms with E-state index in [1.54, 1.807) is 0 Å². The molecule has 0 aliphatic heterocycles. The van der Waals surface area contributed by atoms with Crippen LogP contribution >= 0.6 is 0 Å². The van der Waals surface area contributed by atoms with E-state index in [9.17, 15) is 23.7 Å². The molecule has 1 amide bonds. The van der Waals surface area contributed by atoms with Crippen LogP contribution in [0.5, 0.6) is 0 Å². The summed E-state index contributed by atoms with van der Waals surface area (Å²) in [5.41, 5.74) is 3.73. The van der Waals surface area contributed by atoms with Crippen LogP contribution in [-0.4, -0.2) is 17.4 Å². The van der Waals surface area contributed by atoms with Crippen LogP contribution in [0.3, 0.4) is 0 Å². The third kappa shape index (κ3) is 3.45. The molecule has 3 N–H and O–H groups in total. The summed E-state index contributed by atoms with van der Waals surface area (Å²) in [5.74, 6) is -2.89. The largest absolute Gasteiger partial charge is 0.330 e. The Morgan fingerprint density at radius 2 is 2.11 bits per heavy atom. The van der Waals surface area contributed by atoms with Crippen molar-refractivity contribution >= 4 is 17.3 Å². The van der Waals surface area contributed by atoms with E-state index in [4.69, 9.17) is 5.73 Å². The molecule has 0 saturated heterocycles. The van der Waals surface area contributed by atoms with Gasteiger partial charge in [-0.25, -0.2) is 8.78 Å². The fourth-order valence-electron chi connectivity index (χ4n) is 1.29. The van der Waals surface area contributed by atoms with Gasteiger partial charge in [0.25, 0.3) is 5.69 Å². The number of nitrogens with two attached hydrogens (primary N) is 1. The topological polar surface area (TPSA) is 98.3 Å². The molecule has 0 radical (unpaired) electrons. The van der Waals surface area contributed by atoms with Crippen LogP contribution in [0.4, 0.5) is 20.2 Å². The molecule has 1 rings (SSSR count). The Morgan fingerprint density at radius 1 is 1.44 bits per heavy atom. The molecule has 0 spiro atoms. The maximum absolute atomic E-state index is 13.4. The highest BCUT2D eigenvalue weighted by molar-refractivity contribution is 5.93. The van der Waals surface area contributed by atoms with Gasteiger partial charge in [0.15, 0.2) is 11.5 Å². The molecule has 0 aromatic heterocycles. The number of nitrogens with one attached hydrogen (secondary N) is 1. The first kappa shape index (κ1) is 14.0. The Kier molecular flexibility index (Phi) is 4.67. The SMILES string of the molecule is NCCCC(=O)Nc1c(F)cc(F)cc1[N+](=O)[O-]. The summed E-state index contributed by atoms with van der Waals surface area (Å²) in [7, 11) is 0. The number of carbonyl (C=O) groups excluding carboxylic acids is 1. The zero-order valence-corrected chi connectivity index (χ0v) is 9.28. The summed E-state index contributed by atoms with van der Waals surface area (Å²) in [5, 5.41) is 12.7. The number of hydrogen-bond donors (Lipinski definition) is 2. The van der Waals surface area contributed by atoms with Gasteiger partial charge in [0, 0.05) is 12.5 Å². The van der Waals surface area contributed by atoms with E-state index in [1.807, 2.05) is 5.32 Å². The molecule has 98 valence electrons. The highest BCUT2D eigenvalue weighted by Gasteiger charge is 2.21. The molecule has 1 aromatic rings. The lowest BCUT2D eigenvalue weighted by Crippen LogP contribution is -2.15. The Bertz CT molecular complexity index is 480. The number of hydrogen-bond acceptors (Lipinski definition) is 4. The lowest BCUT2D eigenvalue weighted by molar-refractivity contribution is -0.384. The first-order valence-electron chi connectivity index (χ1n) is 5.09. The number of carbonyl (C=O) groups is 1. The number of nitro benzene ring substituents is 1. The Morgan fingerprint density at radius 3 is 2.67 bits per heavy atom. The van der Waals surface area contributed by atoms with Crippen LogP contribution in [-0.2, 0) is 4.79 Å². The third-order valence-corrected chi connectivity index (χ3v) is 2.10. The molecule has 6 nitrogen and oxygen atoms in total. The number of amides is 1. The van der Waals surface area contributed by atoms with Gasteiger partial charge in [-0.3, -0.25) is 14.9 Å². The lowest BCUT2D eigenvalue weighted by atomic mass is 10.2. The van der Waals surface area contributed by atoms with Crippen molar-refractivity contribution < 1.29 is 18.5 Å². The summed E-state index contributed by atoms with van der Waals surface area (Å²) in [6.45, 7) is 0.265. The number of nitro groups is 1. The predicted octanol–water partition coefficient (Wildman–Crippen LogP) is 1.55. The Labute approximate surface area is 101 Å². The van der Waals surface area contributed by atoms with E-state index >= 15 is 0 Å². The minimum absolute atomic E-state index is 0.00444. The molecule has 18 heavy (non-hydrogen) atoms. The van der Waals surface area contributed by atoms with Gasteiger partial charge >= 0.3 is 0 Å². The number of nitrogens with zero attached hydrogens (tertiary/aromatic N) is 1. The number of halogens is 2. The minimum atomic E-state index is -1.19. The van der Waals surface area contributed by atoms with Crippen LogP contribution in [0, 0.1) is 21.7 Å². The van der Waals surface area contributed by atoms with Crippen LogP contribution in [0.25, 0.3) is 0 Å². The summed E-state index contributed by atoms with van der Waals surface area (Å²) in [4.78, 5) is 21.0. The van der Waals surface area contributed by atoms with E-state index in [0.29, 0.717) is 18.6 Å². The third-order valence-electron chi connectivity index (χ3n) is 2.10. The number of anilines is 1. The van der Waals surface area contributed by atoms with E-state index < -0.39 is 33.8 Å². The molecule has 0 heterocycles. The van der Waals surface area contributed by atoms with Crippen molar-refractivity contribution in [3.63, 3.8) is 0 Å². The van der Waals surface area contributed by atoms with E-state index in [2.05, 4.69) is 0 Å². The molecule has 0 fully saturated rings. The highest BCUT2D eigenvalue weighted by Crippen LogP contribution is 2.28. The van der Waals surface area contributed by atoms with Crippen LogP contribution in [0.15, 0.2) is 12.1 Å². The molecule has 0 aliphatic carbocycles. The first-order valence-corrected chi connectivity index (χ1v) is 5.09. The summed E-state index contributed by atoms with van der Waals surface area (Å²) in [6.07, 6.45) is 0.368. The molecule has 0 saturated carbocycles. The minimum Gasteiger partial charge on any atom is -0.330 e. The van der Waals surface area contributed by atoms with Crippen molar-refractivity contribution in [1.82, 2.24) is 0 Å². The maximum atomic E-state index is 13.4. The predicted molar refractivity (Wildman–Crippen MR) is 59.9 cm³/mol. The summed E-state index contributed by atoms with van der Waals surface area (Å²) >= 11 is 0. The lowest BCUT2D eigenvalue weighted by Gasteiger charge is -2.06. The van der Waals surface area contributed by atoms with E-state index in [0.717, 1.165) is 0 Å². The van der Waals surface area contributed by atoms with Gasteiger partial charge in [-0.1, -0.05) is 0 Å². The Balaban J connectivity index is 3.00. The van der Waals surface area contributed by atoms with Crippen molar-refractivity contribution in [2.45, 2.75) is 12.8 Å². The second-order valence-corrected chi connectivity index (χ2v) is 3.48. The van der Waals surface area contributed by atoms with Gasteiger partial charge in [-0.2, -0.15) is 0 Å². The second-order valence-electron chi connectivity index (χ2n) is 3.48. The van der Waals surface area contributed by atoms with Crippen LogP contribution < -0.4 is 11.1 Å². The molecule has 0 bridgehead atoms. The smallest absolute Gasteiger partial charge is 0.298 e. The van der Waals surface area contributed by atoms with Gasteiger partial charge in [-0.05, 0) is 13.0 Å². The van der Waals surface area contributed by atoms with Crippen molar-refractivity contribution in [2.24, 2.45) is 5.73 Å². The standard InChI is InChI=1S/C10H11F2N3O3/c11-6-4-7(12)10(8(5-6)15(17)18)14-9(16)2-1-3-13/h4-5H,1-3,13H2,(H,14,16). The first-order chi connectivity index (χ1) is 8.45. The molecule has 8 heteroatoms. The molecular formula is C10H11F2N3O3. The van der Waals surface area contributed by atoms with Crippen LogP contribution in [0.2, 0.25) is 0 Å². The monoisotopic (exact) mass is 259 g/mol. The van der Waals surface area contributed by atoms with Gasteiger partial charge in [-0.15, -0.1) is 0 Å². The quantitative estimate of drug-likeness (QED) is 0.619. The second kappa shape index (κ2) is 6.01. The molecule has 1 aromatic carbocycles.